The molecule has 0 radical (unpaired) electrons. The molecule has 0 amide bonds. The zero-order valence-electron chi connectivity index (χ0n) is 7.96. The van der Waals surface area contributed by atoms with Crippen LogP contribution < -0.4 is 5.32 Å². The number of nitrogens with zero attached hydrogens (tertiary/aromatic N) is 2. The maximum absolute atomic E-state index is 11.7. The van der Waals surface area contributed by atoms with E-state index in [0.717, 1.165) is 4.47 Å². The van der Waals surface area contributed by atoms with Gasteiger partial charge in [0.1, 0.15) is 5.69 Å². The van der Waals surface area contributed by atoms with Crippen molar-refractivity contribution >= 4 is 21.7 Å². The highest BCUT2D eigenvalue weighted by Gasteiger charge is 2.23. The fourth-order valence-corrected chi connectivity index (χ4v) is 1.90. The number of rotatable bonds is 4. The number of hydrogen-bond acceptors (Lipinski definition) is 3. The van der Waals surface area contributed by atoms with Gasteiger partial charge in [0, 0.05) is 13.1 Å². The van der Waals surface area contributed by atoms with Crippen molar-refractivity contribution in [2.24, 2.45) is 7.05 Å². The maximum atomic E-state index is 11.7. The molecule has 14 heavy (non-hydrogen) atoms. The van der Waals surface area contributed by atoms with Crippen LogP contribution >= 0.6 is 15.9 Å². The summed E-state index contributed by atoms with van der Waals surface area (Å²) in [6, 6.07) is 0.561. The van der Waals surface area contributed by atoms with E-state index in [4.69, 9.17) is 0 Å². The molecule has 2 rings (SSSR count). The molecule has 5 heteroatoms. The van der Waals surface area contributed by atoms with E-state index in [2.05, 4.69) is 26.3 Å². The monoisotopic (exact) mass is 257 g/mol. The lowest BCUT2D eigenvalue weighted by atomic mass is 10.3. The number of ketones is 1. The summed E-state index contributed by atoms with van der Waals surface area (Å²) in [4.78, 5) is 11.7. The molecule has 1 N–H and O–H groups in total. The lowest BCUT2D eigenvalue weighted by Gasteiger charge is -2.03. The summed E-state index contributed by atoms with van der Waals surface area (Å²) in [5.74, 6) is 0.0868. The van der Waals surface area contributed by atoms with Gasteiger partial charge in [-0.3, -0.25) is 9.48 Å². The second-order valence-electron chi connectivity index (χ2n) is 3.54. The van der Waals surface area contributed by atoms with Crippen molar-refractivity contribution in [3.63, 3.8) is 0 Å². The third kappa shape index (κ3) is 2.04. The number of nitrogens with one attached hydrogen (secondary N) is 1. The first-order chi connectivity index (χ1) is 6.68. The van der Waals surface area contributed by atoms with Crippen LogP contribution in [0.5, 0.6) is 0 Å². The second-order valence-corrected chi connectivity index (χ2v) is 4.40. The number of hydrogen-bond donors (Lipinski definition) is 1. The summed E-state index contributed by atoms with van der Waals surface area (Å²) in [6.07, 6.45) is 4.03. The van der Waals surface area contributed by atoms with Crippen LogP contribution in [-0.4, -0.2) is 28.2 Å². The molecule has 0 aromatic carbocycles. The smallest absolute Gasteiger partial charge is 0.195 e. The average Bonchev–Trinajstić information content (AvgIpc) is 2.90. The van der Waals surface area contributed by atoms with E-state index in [1.165, 1.54) is 12.8 Å². The van der Waals surface area contributed by atoms with Crippen molar-refractivity contribution in [1.29, 1.82) is 0 Å². The highest BCUT2D eigenvalue weighted by Crippen LogP contribution is 2.19. The highest BCUT2D eigenvalue weighted by molar-refractivity contribution is 9.10. The van der Waals surface area contributed by atoms with Gasteiger partial charge in [-0.25, -0.2) is 0 Å². The molecule has 1 heterocycles. The van der Waals surface area contributed by atoms with Crippen LogP contribution in [0, 0.1) is 0 Å². The van der Waals surface area contributed by atoms with Gasteiger partial charge in [-0.1, -0.05) is 0 Å². The van der Waals surface area contributed by atoms with Crippen LogP contribution in [-0.2, 0) is 7.05 Å². The molecule has 1 aliphatic carbocycles. The van der Waals surface area contributed by atoms with Gasteiger partial charge in [-0.05, 0) is 28.8 Å². The van der Waals surface area contributed by atoms with Crippen molar-refractivity contribution < 1.29 is 4.79 Å². The molecule has 1 aromatic rings. The predicted octanol–water partition coefficient (Wildman–Crippen LogP) is 1.12. The molecule has 0 saturated heterocycles. The van der Waals surface area contributed by atoms with E-state index >= 15 is 0 Å². The number of carbonyl (C=O) groups is 1. The maximum Gasteiger partial charge on any atom is 0.195 e. The van der Waals surface area contributed by atoms with Crippen LogP contribution in [0.1, 0.15) is 23.3 Å². The summed E-state index contributed by atoms with van der Waals surface area (Å²) in [5, 5.41) is 7.19. The standard InChI is InChI=1S/C9H12BrN3O/c1-13-9(7(10)4-12-13)8(14)5-11-6-2-3-6/h4,6,11H,2-3,5H2,1H3. The van der Waals surface area contributed by atoms with E-state index in [0.29, 0.717) is 18.3 Å². The summed E-state index contributed by atoms with van der Waals surface area (Å²) in [5.41, 5.74) is 0.637. The van der Waals surface area contributed by atoms with Crippen molar-refractivity contribution in [3.05, 3.63) is 16.4 Å². The number of halogens is 1. The Morgan fingerprint density at radius 2 is 2.50 bits per heavy atom. The van der Waals surface area contributed by atoms with E-state index in [9.17, 15) is 4.79 Å². The number of aromatic nitrogens is 2. The molecule has 1 saturated carbocycles. The van der Waals surface area contributed by atoms with E-state index < -0.39 is 0 Å². The first-order valence-electron chi connectivity index (χ1n) is 4.62. The topological polar surface area (TPSA) is 46.9 Å². The molecule has 0 unspecified atom stereocenters. The Hall–Kier alpha value is -0.680. The van der Waals surface area contributed by atoms with Crippen molar-refractivity contribution in [2.75, 3.05) is 6.54 Å². The van der Waals surface area contributed by atoms with Gasteiger partial charge in [0.2, 0.25) is 0 Å². The van der Waals surface area contributed by atoms with Crippen molar-refractivity contribution in [2.45, 2.75) is 18.9 Å². The largest absolute Gasteiger partial charge is 0.307 e. The van der Waals surface area contributed by atoms with Gasteiger partial charge in [0.05, 0.1) is 17.2 Å². The van der Waals surface area contributed by atoms with Gasteiger partial charge in [-0.15, -0.1) is 0 Å². The summed E-state index contributed by atoms with van der Waals surface area (Å²) in [6.45, 7) is 0.406. The lowest BCUT2D eigenvalue weighted by Crippen LogP contribution is -2.26. The van der Waals surface area contributed by atoms with E-state index in [-0.39, 0.29) is 5.78 Å². The van der Waals surface area contributed by atoms with Crippen LogP contribution in [0.3, 0.4) is 0 Å². The van der Waals surface area contributed by atoms with E-state index in [1.54, 1.807) is 17.9 Å². The van der Waals surface area contributed by atoms with Crippen LogP contribution in [0.25, 0.3) is 0 Å². The molecule has 0 atom stereocenters. The van der Waals surface area contributed by atoms with Crippen molar-refractivity contribution in [3.8, 4) is 0 Å². The minimum atomic E-state index is 0.0868. The summed E-state index contributed by atoms with van der Waals surface area (Å²) >= 11 is 3.31. The Kier molecular flexibility index (Phi) is 2.69. The Morgan fingerprint density at radius 3 is 3.00 bits per heavy atom. The van der Waals surface area contributed by atoms with Crippen LogP contribution in [0.15, 0.2) is 10.7 Å². The summed E-state index contributed by atoms with van der Waals surface area (Å²) in [7, 11) is 1.77. The Labute approximate surface area is 90.8 Å². The van der Waals surface area contributed by atoms with Gasteiger partial charge in [0.15, 0.2) is 5.78 Å². The molecule has 0 bridgehead atoms. The quantitative estimate of drug-likeness (QED) is 0.823. The molecule has 0 aliphatic heterocycles. The first-order valence-corrected chi connectivity index (χ1v) is 5.42. The van der Waals surface area contributed by atoms with Crippen LogP contribution in [0.4, 0.5) is 0 Å². The number of carbonyl (C=O) groups excluding carboxylic acids is 1. The molecule has 1 fully saturated rings. The zero-order chi connectivity index (χ0) is 10.1. The highest BCUT2D eigenvalue weighted by atomic mass is 79.9. The molecular weight excluding hydrogens is 246 g/mol. The predicted molar refractivity (Wildman–Crippen MR) is 56.3 cm³/mol. The molecule has 1 aliphatic rings. The van der Waals surface area contributed by atoms with Crippen molar-refractivity contribution in [1.82, 2.24) is 15.1 Å². The number of aryl methyl sites for hydroxylation is 1. The number of Topliss-reactive ketones (excluding diaryl/α,β-unsaturated/α-hetero) is 1. The Bertz CT molecular complexity index is 337. The molecule has 4 nitrogen and oxygen atoms in total. The van der Waals surface area contributed by atoms with Gasteiger partial charge < -0.3 is 5.32 Å². The van der Waals surface area contributed by atoms with Crippen LogP contribution in [0.2, 0.25) is 0 Å². The lowest BCUT2D eigenvalue weighted by molar-refractivity contribution is 0.0981. The van der Waals surface area contributed by atoms with Gasteiger partial charge in [0.25, 0.3) is 0 Å². The molecule has 1 aromatic heterocycles. The molecule has 0 spiro atoms. The third-order valence-electron chi connectivity index (χ3n) is 2.29. The third-order valence-corrected chi connectivity index (χ3v) is 2.87. The normalized spacial score (nSPS) is 15.9. The second kappa shape index (κ2) is 3.82. The first kappa shape index (κ1) is 9.86. The zero-order valence-corrected chi connectivity index (χ0v) is 9.54. The fourth-order valence-electron chi connectivity index (χ4n) is 1.33. The minimum absolute atomic E-state index is 0.0868. The Morgan fingerprint density at radius 1 is 1.79 bits per heavy atom. The molecular formula is C9H12BrN3O. The minimum Gasteiger partial charge on any atom is -0.307 e. The SMILES string of the molecule is Cn1ncc(Br)c1C(=O)CNC1CC1. The van der Waals surface area contributed by atoms with Gasteiger partial charge >= 0.3 is 0 Å². The fraction of sp³-hybridized carbons (Fsp3) is 0.556. The summed E-state index contributed by atoms with van der Waals surface area (Å²) < 4.78 is 2.36. The average molecular weight is 258 g/mol. The molecule has 76 valence electrons. The van der Waals surface area contributed by atoms with Gasteiger partial charge in [-0.2, -0.15) is 5.10 Å². The van der Waals surface area contributed by atoms with E-state index in [1.807, 2.05) is 0 Å². The Balaban J connectivity index is 2.01.